The first-order chi connectivity index (χ1) is 15.4. The summed E-state index contributed by atoms with van der Waals surface area (Å²) in [6.45, 7) is 5.95. The second-order valence-electron chi connectivity index (χ2n) is 7.62. The molecule has 0 fully saturated rings. The molecule has 32 heavy (non-hydrogen) atoms. The van der Waals surface area contributed by atoms with Gasteiger partial charge < -0.3 is 5.32 Å². The predicted molar refractivity (Wildman–Crippen MR) is 128 cm³/mol. The lowest BCUT2D eigenvalue weighted by Gasteiger charge is -2.13. The Bertz CT molecular complexity index is 1260. The molecule has 1 N–H and O–H groups in total. The molecule has 0 unspecified atom stereocenters. The van der Waals surface area contributed by atoms with Crippen LogP contribution in [0.3, 0.4) is 0 Å². The fraction of sp³-hybridized carbons (Fsp3) is 0.250. The van der Waals surface area contributed by atoms with Gasteiger partial charge in [-0.15, -0.1) is 5.10 Å². The fourth-order valence-electron chi connectivity index (χ4n) is 3.58. The van der Waals surface area contributed by atoms with E-state index in [1.165, 1.54) is 11.8 Å². The third kappa shape index (κ3) is 4.95. The van der Waals surface area contributed by atoms with Crippen molar-refractivity contribution in [1.29, 1.82) is 0 Å². The van der Waals surface area contributed by atoms with Crippen molar-refractivity contribution in [2.45, 2.75) is 38.4 Å². The van der Waals surface area contributed by atoms with E-state index in [0.717, 1.165) is 33.1 Å². The highest BCUT2D eigenvalue weighted by Gasteiger charge is 2.16. The number of carbonyl (C=O) groups is 1. The maximum Gasteiger partial charge on any atom is 0.253 e. The lowest BCUT2D eigenvalue weighted by molar-refractivity contribution is -0.119. The number of thioether (sulfide) groups is 1. The predicted octanol–water partition coefficient (Wildman–Crippen LogP) is 4.95. The van der Waals surface area contributed by atoms with Crippen molar-refractivity contribution in [3.05, 3.63) is 87.7 Å². The average Bonchev–Trinajstić information content (AvgIpc) is 3.20. The smallest absolute Gasteiger partial charge is 0.253 e. The summed E-state index contributed by atoms with van der Waals surface area (Å²) in [5.74, 6) is 0.701. The fourth-order valence-corrected chi connectivity index (χ4v) is 4.41. The molecule has 0 aliphatic rings. The number of rotatable bonds is 7. The molecule has 4 rings (SSSR count). The summed E-state index contributed by atoms with van der Waals surface area (Å²) >= 11 is 7.65. The molecule has 1 atom stereocenters. The molecule has 0 spiro atoms. The van der Waals surface area contributed by atoms with Gasteiger partial charge in [0.1, 0.15) is 0 Å². The summed E-state index contributed by atoms with van der Waals surface area (Å²) in [4.78, 5) is 21.5. The number of carbonyl (C=O) groups excluding carboxylic acids is 1. The largest absolute Gasteiger partial charge is 0.349 e. The van der Waals surface area contributed by atoms with E-state index >= 15 is 0 Å². The van der Waals surface area contributed by atoms with Gasteiger partial charge in [0, 0.05) is 22.8 Å². The SMILES string of the molecule is Cc1nc2nc(SCC(=O)N[C@H](C)c3ccccc3)nn2c(C)c1Cc1ccccc1Cl. The monoisotopic (exact) mass is 465 g/mol. The molecule has 164 valence electrons. The highest BCUT2D eigenvalue weighted by atomic mass is 35.5. The Morgan fingerprint density at radius 3 is 2.56 bits per heavy atom. The standard InChI is InChI=1S/C24H24ClN5OS/c1-15(18-9-5-4-6-10-18)26-22(31)14-32-24-28-23-27-16(2)20(17(3)30(23)29-24)13-19-11-7-8-12-21(19)25/h4-12,15H,13-14H2,1-3H3,(H,26,31)/t15-/m1/s1. The van der Waals surface area contributed by atoms with Crippen LogP contribution in [0.1, 0.15) is 41.0 Å². The van der Waals surface area contributed by atoms with Gasteiger partial charge >= 0.3 is 0 Å². The lowest BCUT2D eigenvalue weighted by Crippen LogP contribution is -2.28. The highest BCUT2D eigenvalue weighted by molar-refractivity contribution is 7.99. The Morgan fingerprint density at radius 2 is 1.81 bits per heavy atom. The maximum absolute atomic E-state index is 12.4. The quantitative estimate of drug-likeness (QED) is 0.391. The molecule has 0 saturated carbocycles. The van der Waals surface area contributed by atoms with Crippen molar-refractivity contribution in [2.75, 3.05) is 5.75 Å². The molecular formula is C24H24ClN5OS. The number of hydrogen-bond acceptors (Lipinski definition) is 5. The molecule has 2 heterocycles. The van der Waals surface area contributed by atoms with E-state index in [4.69, 9.17) is 11.6 Å². The van der Waals surface area contributed by atoms with Crippen LogP contribution >= 0.6 is 23.4 Å². The van der Waals surface area contributed by atoms with E-state index in [-0.39, 0.29) is 17.7 Å². The second kappa shape index (κ2) is 9.71. The summed E-state index contributed by atoms with van der Waals surface area (Å²) in [6.07, 6.45) is 0.669. The van der Waals surface area contributed by atoms with Crippen molar-refractivity contribution in [3.8, 4) is 0 Å². The molecule has 2 aromatic heterocycles. The first-order valence-corrected chi connectivity index (χ1v) is 11.7. The first-order valence-electron chi connectivity index (χ1n) is 10.4. The Labute approximate surface area is 196 Å². The molecule has 0 bridgehead atoms. The number of aromatic nitrogens is 4. The van der Waals surface area contributed by atoms with Crippen LogP contribution in [0, 0.1) is 13.8 Å². The normalized spacial score (nSPS) is 12.1. The minimum Gasteiger partial charge on any atom is -0.349 e. The average molecular weight is 466 g/mol. The third-order valence-electron chi connectivity index (χ3n) is 5.36. The molecule has 0 radical (unpaired) electrons. The van der Waals surface area contributed by atoms with Gasteiger partial charge in [0.15, 0.2) is 0 Å². The number of benzene rings is 2. The van der Waals surface area contributed by atoms with E-state index in [2.05, 4.69) is 20.4 Å². The molecule has 0 aliphatic heterocycles. The van der Waals surface area contributed by atoms with E-state index in [9.17, 15) is 4.79 Å². The van der Waals surface area contributed by atoms with Crippen LogP contribution in [0.2, 0.25) is 5.02 Å². The zero-order chi connectivity index (χ0) is 22.7. The van der Waals surface area contributed by atoms with E-state index < -0.39 is 0 Å². The zero-order valence-electron chi connectivity index (χ0n) is 18.2. The van der Waals surface area contributed by atoms with Crippen LogP contribution in [0.4, 0.5) is 0 Å². The number of halogens is 1. The molecule has 0 saturated heterocycles. The van der Waals surface area contributed by atoms with E-state index in [1.54, 1.807) is 4.52 Å². The van der Waals surface area contributed by atoms with Gasteiger partial charge in [0.05, 0.1) is 11.8 Å². The molecular weight excluding hydrogens is 442 g/mol. The minimum absolute atomic E-state index is 0.0581. The van der Waals surface area contributed by atoms with Crippen molar-refractivity contribution in [1.82, 2.24) is 24.9 Å². The lowest BCUT2D eigenvalue weighted by atomic mass is 10.0. The summed E-state index contributed by atoms with van der Waals surface area (Å²) in [6, 6.07) is 17.6. The van der Waals surface area contributed by atoms with Crippen molar-refractivity contribution >= 4 is 35.0 Å². The van der Waals surface area contributed by atoms with Gasteiger partial charge in [0.25, 0.3) is 5.78 Å². The molecule has 2 aromatic carbocycles. The van der Waals surface area contributed by atoms with Crippen LogP contribution in [0.15, 0.2) is 59.8 Å². The number of fused-ring (bicyclic) bond motifs is 1. The van der Waals surface area contributed by atoms with E-state index in [1.807, 2.05) is 75.4 Å². The summed E-state index contributed by atoms with van der Waals surface area (Å²) in [5, 5.41) is 8.85. The van der Waals surface area contributed by atoms with Gasteiger partial charge in [-0.3, -0.25) is 4.79 Å². The van der Waals surface area contributed by atoms with Crippen molar-refractivity contribution in [2.24, 2.45) is 0 Å². The number of amides is 1. The van der Waals surface area contributed by atoms with Crippen molar-refractivity contribution < 1.29 is 4.79 Å². The topological polar surface area (TPSA) is 72.2 Å². The van der Waals surface area contributed by atoms with Gasteiger partial charge in [0.2, 0.25) is 11.1 Å². The number of aryl methyl sites for hydroxylation is 2. The summed E-state index contributed by atoms with van der Waals surface area (Å²) < 4.78 is 1.74. The van der Waals surface area contributed by atoms with Crippen LogP contribution in [0.25, 0.3) is 5.78 Å². The van der Waals surface area contributed by atoms with Crippen LogP contribution in [-0.4, -0.2) is 31.2 Å². The van der Waals surface area contributed by atoms with Gasteiger partial charge in [-0.05, 0) is 43.5 Å². The third-order valence-corrected chi connectivity index (χ3v) is 6.57. The Hall–Kier alpha value is -2.90. The molecule has 1 amide bonds. The van der Waals surface area contributed by atoms with Crippen LogP contribution < -0.4 is 5.32 Å². The van der Waals surface area contributed by atoms with Gasteiger partial charge in [-0.1, -0.05) is 71.9 Å². The maximum atomic E-state index is 12.4. The molecule has 0 aliphatic carbocycles. The minimum atomic E-state index is -0.0644. The molecule has 8 heteroatoms. The molecule has 4 aromatic rings. The summed E-state index contributed by atoms with van der Waals surface area (Å²) in [7, 11) is 0. The van der Waals surface area contributed by atoms with Crippen molar-refractivity contribution in [3.63, 3.8) is 0 Å². The van der Waals surface area contributed by atoms with Gasteiger partial charge in [-0.25, -0.2) is 9.50 Å². The Balaban J connectivity index is 1.47. The highest BCUT2D eigenvalue weighted by Crippen LogP contribution is 2.24. The number of nitrogens with zero attached hydrogens (tertiary/aromatic N) is 4. The Morgan fingerprint density at radius 1 is 1.09 bits per heavy atom. The number of hydrogen-bond donors (Lipinski definition) is 1. The second-order valence-corrected chi connectivity index (χ2v) is 8.97. The Kier molecular flexibility index (Phi) is 6.77. The summed E-state index contributed by atoms with van der Waals surface area (Å²) in [5.41, 5.74) is 5.04. The van der Waals surface area contributed by atoms with Crippen LogP contribution in [-0.2, 0) is 11.2 Å². The molecule has 6 nitrogen and oxygen atoms in total. The van der Waals surface area contributed by atoms with Gasteiger partial charge in [-0.2, -0.15) is 4.98 Å². The first kappa shape index (κ1) is 22.3. The number of nitrogens with one attached hydrogen (secondary N) is 1. The van der Waals surface area contributed by atoms with E-state index in [0.29, 0.717) is 17.4 Å². The zero-order valence-corrected chi connectivity index (χ0v) is 19.7. The van der Waals surface area contributed by atoms with Crippen LogP contribution in [0.5, 0.6) is 0 Å².